The van der Waals surface area contributed by atoms with Gasteiger partial charge in [0.05, 0.1) is 10.6 Å². The topological polar surface area (TPSA) is 60.2 Å². The minimum absolute atomic E-state index is 0.238. The number of anilines is 1. The molecule has 0 saturated heterocycles. The van der Waals surface area contributed by atoms with Crippen LogP contribution in [-0.2, 0) is 9.84 Å². The summed E-state index contributed by atoms with van der Waals surface area (Å²) in [5.74, 6) is 0.238. The summed E-state index contributed by atoms with van der Waals surface area (Å²) < 4.78 is 24.3. The van der Waals surface area contributed by atoms with Crippen LogP contribution in [0.25, 0.3) is 0 Å². The van der Waals surface area contributed by atoms with Crippen LogP contribution in [0.3, 0.4) is 0 Å². The van der Waals surface area contributed by atoms with Gasteiger partial charge in [0, 0.05) is 5.69 Å². The second-order valence-electron chi connectivity index (χ2n) is 4.76. The molecule has 0 aliphatic rings. The number of rotatable bonds is 7. The van der Waals surface area contributed by atoms with Crippen LogP contribution in [0.5, 0.6) is 0 Å². The van der Waals surface area contributed by atoms with Crippen molar-refractivity contribution in [1.29, 1.82) is 0 Å². The summed E-state index contributed by atoms with van der Waals surface area (Å²) in [4.78, 5) is 0.423. The maximum absolute atomic E-state index is 12.2. The molecule has 0 amide bonds. The highest BCUT2D eigenvalue weighted by Crippen LogP contribution is 2.20. The van der Waals surface area contributed by atoms with Gasteiger partial charge in [0.25, 0.3) is 0 Å². The second-order valence-corrected chi connectivity index (χ2v) is 6.84. The lowest BCUT2D eigenvalue weighted by Crippen LogP contribution is -2.09. The van der Waals surface area contributed by atoms with Crippen molar-refractivity contribution in [2.75, 3.05) is 11.5 Å². The first-order chi connectivity index (χ1) is 8.47. The van der Waals surface area contributed by atoms with Crippen LogP contribution in [-0.4, -0.2) is 14.2 Å². The van der Waals surface area contributed by atoms with Gasteiger partial charge in [-0.1, -0.05) is 32.6 Å². The van der Waals surface area contributed by atoms with E-state index in [2.05, 4.69) is 6.92 Å². The third-order valence-electron chi connectivity index (χ3n) is 3.05. The van der Waals surface area contributed by atoms with E-state index in [1.165, 1.54) is 12.8 Å². The van der Waals surface area contributed by atoms with E-state index in [4.69, 9.17) is 5.73 Å². The third-order valence-corrected chi connectivity index (χ3v) is 5.00. The molecule has 0 aliphatic carbocycles. The van der Waals surface area contributed by atoms with Crippen LogP contribution < -0.4 is 5.73 Å². The number of nitrogen functional groups attached to an aromatic ring is 1. The Kier molecular flexibility index (Phi) is 5.66. The zero-order valence-electron chi connectivity index (χ0n) is 11.3. The van der Waals surface area contributed by atoms with E-state index in [9.17, 15) is 8.42 Å². The first kappa shape index (κ1) is 15.0. The van der Waals surface area contributed by atoms with E-state index >= 15 is 0 Å². The van der Waals surface area contributed by atoms with Crippen molar-refractivity contribution < 1.29 is 8.42 Å². The van der Waals surface area contributed by atoms with Gasteiger partial charge in [-0.15, -0.1) is 0 Å². The largest absolute Gasteiger partial charge is 0.399 e. The number of nitrogens with two attached hydrogens (primary N) is 1. The molecule has 4 heteroatoms. The highest BCUT2D eigenvalue weighted by Gasteiger charge is 2.16. The molecule has 2 N–H and O–H groups in total. The van der Waals surface area contributed by atoms with Crippen LogP contribution >= 0.6 is 0 Å². The normalized spacial score (nSPS) is 11.7. The zero-order valence-corrected chi connectivity index (χ0v) is 12.1. The highest BCUT2D eigenvalue weighted by atomic mass is 32.2. The van der Waals surface area contributed by atoms with Gasteiger partial charge >= 0.3 is 0 Å². The molecule has 1 rings (SSSR count). The summed E-state index contributed by atoms with van der Waals surface area (Å²) in [6.07, 6.45) is 5.20. The van der Waals surface area contributed by atoms with Gasteiger partial charge in [-0.05, 0) is 37.1 Å². The SMILES string of the molecule is CCCCCCCS(=O)(=O)c1ccc(N)cc1C. The molecule has 18 heavy (non-hydrogen) atoms. The highest BCUT2D eigenvalue weighted by molar-refractivity contribution is 7.91. The molecular weight excluding hydrogens is 246 g/mol. The zero-order chi connectivity index (χ0) is 13.6. The second kappa shape index (κ2) is 6.78. The standard InChI is InChI=1S/C14H23NO2S/c1-3-4-5-6-7-10-18(16,17)14-9-8-13(15)11-12(14)2/h8-9,11H,3-7,10,15H2,1-2H3. The molecule has 1 aromatic carbocycles. The number of aryl methyl sites for hydroxylation is 1. The van der Waals surface area contributed by atoms with Gasteiger partial charge in [-0.3, -0.25) is 0 Å². The Balaban J connectivity index is 2.63. The first-order valence-electron chi connectivity index (χ1n) is 6.56. The summed E-state index contributed by atoms with van der Waals surface area (Å²) in [5, 5.41) is 0. The maximum atomic E-state index is 12.2. The van der Waals surface area contributed by atoms with E-state index in [-0.39, 0.29) is 5.75 Å². The molecule has 0 heterocycles. The number of hydrogen-bond donors (Lipinski definition) is 1. The average Bonchev–Trinajstić information content (AvgIpc) is 2.28. The lowest BCUT2D eigenvalue weighted by atomic mass is 10.2. The molecule has 0 spiro atoms. The lowest BCUT2D eigenvalue weighted by Gasteiger charge is -2.08. The molecule has 0 bridgehead atoms. The minimum Gasteiger partial charge on any atom is -0.399 e. The van der Waals surface area contributed by atoms with Crippen molar-refractivity contribution in [3.05, 3.63) is 23.8 Å². The lowest BCUT2D eigenvalue weighted by molar-refractivity contribution is 0.586. The monoisotopic (exact) mass is 269 g/mol. The Bertz CT molecular complexity index is 481. The van der Waals surface area contributed by atoms with E-state index in [1.807, 2.05) is 0 Å². The van der Waals surface area contributed by atoms with Gasteiger partial charge in [-0.2, -0.15) is 0 Å². The minimum atomic E-state index is -3.15. The Hall–Kier alpha value is -1.03. The van der Waals surface area contributed by atoms with Crippen molar-refractivity contribution >= 4 is 15.5 Å². The van der Waals surface area contributed by atoms with Gasteiger partial charge in [0.2, 0.25) is 0 Å². The Morgan fingerprint density at radius 1 is 1.11 bits per heavy atom. The molecular formula is C14H23NO2S. The number of benzene rings is 1. The van der Waals surface area contributed by atoms with Crippen LogP contribution in [0.15, 0.2) is 23.1 Å². The number of hydrogen-bond acceptors (Lipinski definition) is 3. The van der Waals surface area contributed by atoms with E-state index < -0.39 is 9.84 Å². The molecule has 0 radical (unpaired) electrons. The van der Waals surface area contributed by atoms with Gasteiger partial charge < -0.3 is 5.73 Å². The molecule has 0 fully saturated rings. The molecule has 0 aromatic heterocycles. The molecule has 0 saturated carbocycles. The first-order valence-corrected chi connectivity index (χ1v) is 8.21. The summed E-state index contributed by atoms with van der Waals surface area (Å²) >= 11 is 0. The maximum Gasteiger partial charge on any atom is 0.178 e. The summed E-state index contributed by atoms with van der Waals surface area (Å²) in [6, 6.07) is 4.98. The predicted octanol–water partition coefficient (Wildman–Crippen LogP) is 3.32. The molecule has 1 aromatic rings. The summed E-state index contributed by atoms with van der Waals surface area (Å²) in [5.41, 5.74) is 6.98. The van der Waals surface area contributed by atoms with E-state index in [1.54, 1.807) is 25.1 Å². The molecule has 0 unspecified atom stereocenters. The predicted molar refractivity (Wildman–Crippen MR) is 76.4 cm³/mol. The Morgan fingerprint density at radius 3 is 2.39 bits per heavy atom. The van der Waals surface area contributed by atoms with Crippen molar-refractivity contribution in [2.45, 2.75) is 50.8 Å². The Morgan fingerprint density at radius 2 is 1.78 bits per heavy atom. The fourth-order valence-corrected chi connectivity index (χ4v) is 3.66. The van der Waals surface area contributed by atoms with Crippen LogP contribution in [0.2, 0.25) is 0 Å². The van der Waals surface area contributed by atoms with Crippen molar-refractivity contribution in [2.24, 2.45) is 0 Å². The van der Waals surface area contributed by atoms with Crippen LogP contribution in [0, 0.1) is 6.92 Å². The third kappa shape index (κ3) is 4.33. The van der Waals surface area contributed by atoms with E-state index in [0.717, 1.165) is 24.8 Å². The van der Waals surface area contributed by atoms with Gasteiger partial charge in [0.1, 0.15) is 0 Å². The van der Waals surface area contributed by atoms with Crippen LogP contribution in [0.4, 0.5) is 5.69 Å². The fraction of sp³-hybridized carbons (Fsp3) is 0.571. The van der Waals surface area contributed by atoms with E-state index in [0.29, 0.717) is 10.6 Å². The molecule has 0 atom stereocenters. The fourth-order valence-electron chi connectivity index (χ4n) is 2.03. The van der Waals surface area contributed by atoms with Crippen LogP contribution in [0.1, 0.15) is 44.6 Å². The van der Waals surface area contributed by atoms with Gasteiger partial charge in [-0.25, -0.2) is 8.42 Å². The molecule has 0 aliphatic heterocycles. The quantitative estimate of drug-likeness (QED) is 0.610. The summed E-state index contributed by atoms with van der Waals surface area (Å²) in [7, 11) is -3.15. The van der Waals surface area contributed by atoms with Crippen molar-refractivity contribution in [3.63, 3.8) is 0 Å². The molecule has 3 nitrogen and oxygen atoms in total. The average molecular weight is 269 g/mol. The Labute approximate surface area is 110 Å². The number of unbranched alkanes of at least 4 members (excludes halogenated alkanes) is 4. The van der Waals surface area contributed by atoms with Crippen molar-refractivity contribution in [3.8, 4) is 0 Å². The number of sulfone groups is 1. The molecule has 102 valence electrons. The van der Waals surface area contributed by atoms with Gasteiger partial charge in [0.15, 0.2) is 9.84 Å². The summed E-state index contributed by atoms with van der Waals surface area (Å²) in [6.45, 7) is 3.94. The smallest absolute Gasteiger partial charge is 0.178 e. The van der Waals surface area contributed by atoms with Crippen molar-refractivity contribution in [1.82, 2.24) is 0 Å².